The second-order valence-corrected chi connectivity index (χ2v) is 3.25. The number of pyridine rings is 1. The first-order chi connectivity index (χ1) is 7.97. The lowest BCUT2D eigenvalue weighted by atomic mass is 10.2. The molecule has 3 nitrogen and oxygen atoms in total. The van der Waals surface area contributed by atoms with Gasteiger partial charge in [-0.25, -0.2) is 4.79 Å². The molecule has 1 aromatic carbocycles. The number of ether oxygens (including phenoxy) is 1. The van der Waals surface area contributed by atoms with Crippen molar-refractivity contribution in [1.82, 2.24) is 4.98 Å². The Bertz CT molecular complexity index is 566. The minimum absolute atomic E-state index is 0.159. The first-order valence-electron chi connectivity index (χ1n) is 4.60. The molecule has 0 saturated heterocycles. The van der Waals surface area contributed by atoms with Crippen molar-refractivity contribution in [3.8, 4) is 5.75 Å². The smallest absolute Gasteiger partial charge is 0.420 e. The molecule has 0 fully saturated rings. The monoisotopic (exact) mass is 241 g/mol. The van der Waals surface area contributed by atoms with Crippen LogP contribution < -0.4 is 4.74 Å². The van der Waals surface area contributed by atoms with Crippen LogP contribution in [0, 0.1) is 0 Å². The van der Waals surface area contributed by atoms with Crippen molar-refractivity contribution in [2.24, 2.45) is 0 Å². The van der Waals surface area contributed by atoms with Crippen LogP contribution in [0.1, 0.15) is 0 Å². The van der Waals surface area contributed by atoms with Gasteiger partial charge < -0.3 is 4.74 Å². The lowest BCUT2D eigenvalue weighted by Gasteiger charge is -2.07. The van der Waals surface area contributed by atoms with Gasteiger partial charge in [0.05, 0.1) is 5.52 Å². The number of alkyl halides is 3. The molecule has 17 heavy (non-hydrogen) atoms. The first kappa shape index (κ1) is 11.4. The molecule has 88 valence electrons. The number of hydrogen-bond acceptors (Lipinski definition) is 3. The maximum atomic E-state index is 12.0. The molecule has 1 heterocycles. The molecule has 1 aromatic heterocycles. The quantitative estimate of drug-likeness (QED) is 0.569. The molecule has 0 atom stereocenters. The summed E-state index contributed by atoms with van der Waals surface area (Å²) in [5.41, 5.74) is 0.610. The Kier molecular flexibility index (Phi) is 2.71. The summed E-state index contributed by atoms with van der Waals surface area (Å²) in [5.74, 6) is -2.39. The lowest BCUT2D eigenvalue weighted by molar-refractivity contribution is -0.189. The Morgan fingerprint density at radius 3 is 2.71 bits per heavy atom. The zero-order chi connectivity index (χ0) is 12.5. The molecule has 0 spiro atoms. The molecule has 0 N–H and O–H groups in total. The van der Waals surface area contributed by atoms with Crippen LogP contribution in [-0.2, 0) is 4.79 Å². The zero-order valence-corrected chi connectivity index (χ0v) is 8.36. The molecule has 0 aliphatic heterocycles. The van der Waals surface area contributed by atoms with E-state index in [2.05, 4.69) is 9.72 Å². The zero-order valence-electron chi connectivity index (χ0n) is 8.36. The van der Waals surface area contributed by atoms with Crippen molar-refractivity contribution < 1.29 is 22.7 Å². The summed E-state index contributed by atoms with van der Waals surface area (Å²) in [6.07, 6.45) is -3.44. The number of carbonyl (C=O) groups is 1. The Morgan fingerprint density at radius 1 is 1.24 bits per heavy atom. The van der Waals surface area contributed by atoms with E-state index in [1.807, 2.05) is 0 Å². The highest BCUT2D eigenvalue weighted by Crippen LogP contribution is 2.22. The number of nitrogens with zero attached hydrogens (tertiary/aromatic N) is 1. The van der Waals surface area contributed by atoms with Crippen LogP contribution >= 0.6 is 0 Å². The second kappa shape index (κ2) is 4.04. The summed E-state index contributed by atoms with van der Waals surface area (Å²) in [6, 6.07) is 7.37. The number of carbonyl (C=O) groups excluding carboxylic acids is 1. The molecule has 0 aliphatic carbocycles. The molecule has 2 rings (SSSR count). The van der Waals surface area contributed by atoms with Crippen molar-refractivity contribution in [2.45, 2.75) is 6.18 Å². The van der Waals surface area contributed by atoms with E-state index in [0.29, 0.717) is 10.9 Å². The summed E-state index contributed by atoms with van der Waals surface area (Å²) in [6.45, 7) is 0. The molecule has 0 saturated carbocycles. The summed E-state index contributed by atoms with van der Waals surface area (Å²) in [7, 11) is 0. The van der Waals surface area contributed by atoms with E-state index in [-0.39, 0.29) is 5.75 Å². The average molecular weight is 241 g/mol. The van der Waals surface area contributed by atoms with Gasteiger partial charge in [-0.1, -0.05) is 6.07 Å². The summed E-state index contributed by atoms with van der Waals surface area (Å²) in [4.78, 5) is 14.6. The normalized spacial score (nSPS) is 11.5. The maximum Gasteiger partial charge on any atom is 0.491 e. The van der Waals surface area contributed by atoms with Crippen LogP contribution in [0.3, 0.4) is 0 Å². The van der Waals surface area contributed by atoms with Crippen LogP contribution in [0.5, 0.6) is 5.75 Å². The van der Waals surface area contributed by atoms with Crippen molar-refractivity contribution in [2.75, 3.05) is 0 Å². The number of benzene rings is 1. The second-order valence-electron chi connectivity index (χ2n) is 3.25. The van der Waals surface area contributed by atoms with E-state index < -0.39 is 12.1 Å². The predicted molar refractivity (Wildman–Crippen MR) is 53.4 cm³/mol. The highest BCUT2D eigenvalue weighted by atomic mass is 19.4. The highest BCUT2D eigenvalue weighted by Gasteiger charge is 2.41. The van der Waals surface area contributed by atoms with Crippen molar-refractivity contribution in [1.29, 1.82) is 0 Å². The fraction of sp³-hybridized carbons (Fsp3) is 0.0909. The van der Waals surface area contributed by atoms with Crippen LogP contribution in [-0.4, -0.2) is 17.1 Å². The first-order valence-corrected chi connectivity index (χ1v) is 4.60. The third kappa shape index (κ3) is 2.52. The molecule has 0 radical (unpaired) electrons. The van der Waals surface area contributed by atoms with Crippen LogP contribution in [0.4, 0.5) is 13.2 Å². The highest BCUT2D eigenvalue weighted by molar-refractivity contribution is 5.82. The number of esters is 1. The van der Waals surface area contributed by atoms with E-state index in [1.165, 1.54) is 18.2 Å². The van der Waals surface area contributed by atoms with Gasteiger partial charge in [-0.15, -0.1) is 0 Å². The van der Waals surface area contributed by atoms with Gasteiger partial charge in [-0.05, 0) is 24.3 Å². The Balaban J connectivity index is 2.29. The predicted octanol–water partition coefficient (Wildman–Crippen LogP) is 2.70. The number of hydrogen-bond donors (Lipinski definition) is 0. The fourth-order valence-corrected chi connectivity index (χ4v) is 1.28. The summed E-state index contributed by atoms with van der Waals surface area (Å²) in [5, 5.41) is 0.597. The third-order valence-electron chi connectivity index (χ3n) is 2.02. The molecule has 0 aliphatic rings. The minimum atomic E-state index is -5.00. The Morgan fingerprint density at radius 2 is 2.00 bits per heavy atom. The maximum absolute atomic E-state index is 12.0. The van der Waals surface area contributed by atoms with Crippen molar-refractivity contribution >= 4 is 16.9 Å². The number of fused-ring (bicyclic) bond motifs is 1. The molecule has 0 unspecified atom stereocenters. The van der Waals surface area contributed by atoms with Gasteiger partial charge in [0.15, 0.2) is 0 Å². The summed E-state index contributed by atoms with van der Waals surface area (Å²) >= 11 is 0. The number of aromatic nitrogens is 1. The molecule has 2 aromatic rings. The van der Waals surface area contributed by atoms with Gasteiger partial charge in [-0.2, -0.15) is 13.2 Å². The van der Waals surface area contributed by atoms with E-state index >= 15 is 0 Å². The molecule has 0 bridgehead atoms. The molecular formula is C11H6F3NO2. The third-order valence-corrected chi connectivity index (χ3v) is 2.02. The van der Waals surface area contributed by atoms with E-state index in [4.69, 9.17) is 0 Å². The van der Waals surface area contributed by atoms with Crippen LogP contribution in [0.25, 0.3) is 10.9 Å². The van der Waals surface area contributed by atoms with Gasteiger partial charge in [0.2, 0.25) is 0 Å². The van der Waals surface area contributed by atoms with Gasteiger partial charge in [-0.3, -0.25) is 4.98 Å². The Labute approximate surface area is 93.8 Å². The van der Waals surface area contributed by atoms with Crippen molar-refractivity contribution in [3.05, 3.63) is 36.5 Å². The van der Waals surface area contributed by atoms with Crippen LogP contribution in [0.2, 0.25) is 0 Å². The van der Waals surface area contributed by atoms with Crippen LogP contribution in [0.15, 0.2) is 36.5 Å². The van der Waals surface area contributed by atoms with E-state index in [1.54, 1.807) is 18.3 Å². The van der Waals surface area contributed by atoms with E-state index in [0.717, 1.165) is 0 Å². The number of rotatable bonds is 1. The van der Waals surface area contributed by atoms with Crippen molar-refractivity contribution in [3.63, 3.8) is 0 Å². The molecule has 0 amide bonds. The molecular weight excluding hydrogens is 235 g/mol. The SMILES string of the molecule is O=C(Oc1ccc2ncccc2c1)C(F)(F)F. The standard InChI is InChI=1S/C11H6F3NO2/c12-11(13,14)10(16)17-8-3-4-9-7(6-8)2-1-5-15-9/h1-6H. The van der Waals surface area contributed by atoms with Gasteiger partial charge in [0.25, 0.3) is 0 Å². The molecule has 6 heteroatoms. The summed E-state index contributed by atoms with van der Waals surface area (Å²) < 4.78 is 40.1. The lowest BCUT2D eigenvalue weighted by Crippen LogP contribution is -2.27. The van der Waals surface area contributed by atoms with Gasteiger partial charge >= 0.3 is 12.1 Å². The largest absolute Gasteiger partial charge is 0.491 e. The average Bonchev–Trinajstić information content (AvgIpc) is 2.27. The fourth-order valence-electron chi connectivity index (χ4n) is 1.28. The van der Waals surface area contributed by atoms with Gasteiger partial charge in [0.1, 0.15) is 5.75 Å². The van der Waals surface area contributed by atoms with E-state index in [9.17, 15) is 18.0 Å². The topological polar surface area (TPSA) is 39.2 Å². The Hall–Kier alpha value is -2.11. The number of halogens is 3. The van der Waals surface area contributed by atoms with Gasteiger partial charge in [0, 0.05) is 11.6 Å². The minimum Gasteiger partial charge on any atom is -0.420 e.